The van der Waals surface area contributed by atoms with E-state index in [4.69, 9.17) is 4.74 Å². The van der Waals surface area contributed by atoms with Gasteiger partial charge in [-0.15, -0.1) is 0 Å². The molecule has 0 amide bonds. The van der Waals surface area contributed by atoms with Gasteiger partial charge in [0, 0.05) is 0 Å². The molecule has 0 heterocycles. The van der Waals surface area contributed by atoms with Crippen LogP contribution < -0.4 is 9.46 Å². The minimum absolute atomic E-state index is 0.0338. The van der Waals surface area contributed by atoms with Crippen LogP contribution in [0.4, 0.5) is 5.69 Å². The Balaban J connectivity index is 2.53. The molecule has 7 heteroatoms. The summed E-state index contributed by atoms with van der Waals surface area (Å²) < 4.78 is 38.3. The van der Waals surface area contributed by atoms with Crippen molar-refractivity contribution < 1.29 is 22.7 Å². The maximum Gasteiger partial charge on any atom is 0.339 e. The second-order valence-corrected chi connectivity index (χ2v) is 8.41. The summed E-state index contributed by atoms with van der Waals surface area (Å²) in [7, 11) is -1.36. The van der Waals surface area contributed by atoms with Gasteiger partial charge in [-0.1, -0.05) is 39.0 Å². The van der Waals surface area contributed by atoms with Crippen LogP contribution in [-0.2, 0) is 20.2 Å². The summed E-state index contributed by atoms with van der Waals surface area (Å²) >= 11 is 0. The van der Waals surface area contributed by atoms with Crippen molar-refractivity contribution >= 4 is 21.7 Å². The topological polar surface area (TPSA) is 81.7 Å². The van der Waals surface area contributed by atoms with Gasteiger partial charge >= 0.3 is 5.97 Å². The minimum Gasteiger partial charge on any atom is -0.495 e. The molecule has 1 N–H and O–H groups in total. The van der Waals surface area contributed by atoms with E-state index in [1.165, 1.54) is 26.4 Å². The maximum atomic E-state index is 12.9. The van der Waals surface area contributed by atoms with Crippen molar-refractivity contribution in [3.8, 4) is 5.75 Å². The van der Waals surface area contributed by atoms with Crippen LogP contribution >= 0.6 is 0 Å². The predicted molar refractivity (Wildman–Crippen MR) is 100 cm³/mol. The molecule has 0 saturated heterocycles. The SMILES string of the molecule is COC(=O)c1ccccc1S(=O)(=O)Nc1cc(C(C)(C)C)ccc1OC. The lowest BCUT2D eigenvalue weighted by molar-refractivity contribution is 0.0596. The number of hydrogen-bond donors (Lipinski definition) is 1. The molecule has 0 bridgehead atoms. The zero-order chi connectivity index (χ0) is 19.5. The van der Waals surface area contributed by atoms with Crippen LogP contribution in [0.5, 0.6) is 5.75 Å². The lowest BCUT2D eigenvalue weighted by Gasteiger charge is -2.21. The Morgan fingerprint density at radius 1 is 1.04 bits per heavy atom. The fraction of sp³-hybridized carbons (Fsp3) is 0.316. The number of anilines is 1. The number of hydrogen-bond acceptors (Lipinski definition) is 5. The van der Waals surface area contributed by atoms with Crippen molar-refractivity contribution in [1.82, 2.24) is 0 Å². The summed E-state index contributed by atoms with van der Waals surface area (Å²) in [5, 5.41) is 0. The third kappa shape index (κ3) is 4.16. The van der Waals surface area contributed by atoms with Crippen LogP contribution in [0.2, 0.25) is 0 Å². The average molecular weight is 377 g/mol. The number of methoxy groups -OCH3 is 2. The summed E-state index contributed by atoms with van der Waals surface area (Å²) in [5.41, 5.74) is 1.04. The third-order valence-corrected chi connectivity index (χ3v) is 5.32. The molecule has 0 radical (unpaired) electrons. The number of rotatable bonds is 5. The van der Waals surface area contributed by atoms with Crippen LogP contribution in [0.1, 0.15) is 36.7 Å². The van der Waals surface area contributed by atoms with Crippen LogP contribution in [0.3, 0.4) is 0 Å². The second-order valence-electron chi connectivity index (χ2n) is 6.76. The molecule has 0 atom stereocenters. The van der Waals surface area contributed by atoms with Crippen LogP contribution in [0.15, 0.2) is 47.4 Å². The molecule has 0 saturated carbocycles. The van der Waals surface area contributed by atoms with Gasteiger partial charge in [-0.2, -0.15) is 0 Å². The Morgan fingerprint density at radius 2 is 1.69 bits per heavy atom. The number of ether oxygens (including phenoxy) is 2. The van der Waals surface area contributed by atoms with Gasteiger partial charge in [-0.25, -0.2) is 13.2 Å². The van der Waals surface area contributed by atoms with Gasteiger partial charge < -0.3 is 9.47 Å². The van der Waals surface area contributed by atoms with Gasteiger partial charge in [0.1, 0.15) is 10.6 Å². The lowest BCUT2D eigenvalue weighted by Crippen LogP contribution is -2.19. The molecule has 0 aromatic heterocycles. The van der Waals surface area contributed by atoms with Crippen molar-refractivity contribution in [2.45, 2.75) is 31.1 Å². The minimum atomic E-state index is -4.02. The van der Waals surface area contributed by atoms with Crippen LogP contribution in [-0.4, -0.2) is 28.6 Å². The van der Waals surface area contributed by atoms with E-state index in [0.29, 0.717) is 11.4 Å². The van der Waals surface area contributed by atoms with Gasteiger partial charge in [0.05, 0.1) is 25.5 Å². The van der Waals surface area contributed by atoms with Crippen molar-refractivity contribution in [3.05, 3.63) is 53.6 Å². The highest BCUT2D eigenvalue weighted by molar-refractivity contribution is 7.92. The molecule has 0 aliphatic heterocycles. The molecule has 0 spiro atoms. The second kappa shape index (κ2) is 7.37. The van der Waals surface area contributed by atoms with Gasteiger partial charge in [-0.3, -0.25) is 4.72 Å². The highest BCUT2D eigenvalue weighted by Gasteiger charge is 2.25. The van der Waals surface area contributed by atoms with Gasteiger partial charge in [0.15, 0.2) is 0 Å². The van der Waals surface area contributed by atoms with E-state index in [2.05, 4.69) is 9.46 Å². The largest absolute Gasteiger partial charge is 0.495 e. The fourth-order valence-corrected chi connectivity index (χ4v) is 3.69. The van der Waals surface area contributed by atoms with Gasteiger partial charge in [0.25, 0.3) is 10.0 Å². The smallest absolute Gasteiger partial charge is 0.339 e. The van der Waals surface area contributed by atoms with E-state index in [9.17, 15) is 13.2 Å². The first-order chi connectivity index (χ1) is 12.1. The third-order valence-electron chi connectivity index (χ3n) is 3.89. The molecule has 0 aliphatic carbocycles. The molecule has 2 aromatic carbocycles. The number of esters is 1. The first-order valence-electron chi connectivity index (χ1n) is 7.99. The monoisotopic (exact) mass is 377 g/mol. The summed E-state index contributed by atoms with van der Waals surface area (Å²) in [4.78, 5) is 11.7. The molecule has 0 unspecified atom stereocenters. The molecule has 26 heavy (non-hydrogen) atoms. The first kappa shape index (κ1) is 19.8. The number of nitrogens with one attached hydrogen (secondary N) is 1. The Labute approximate surface area is 154 Å². The first-order valence-corrected chi connectivity index (χ1v) is 9.47. The summed E-state index contributed by atoms with van der Waals surface area (Å²) in [5.74, 6) is -0.335. The molecule has 0 fully saturated rings. The van der Waals surface area contributed by atoms with E-state index in [1.807, 2.05) is 26.8 Å². The normalized spacial score (nSPS) is 11.7. The van der Waals surface area contributed by atoms with Gasteiger partial charge in [-0.05, 0) is 35.2 Å². The molecule has 0 aliphatic rings. The van der Waals surface area contributed by atoms with E-state index in [1.54, 1.807) is 24.3 Å². The zero-order valence-corrected chi connectivity index (χ0v) is 16.3. The van der Waals surface area contributed by atoms with E-state index < -0.39 is 16.0 Å². The number of carbonyl (C=O) groups is 1. The van der Waals surface area contributed by atoms with Crippen molar-refractivity contribution in [2.75, 3.05) is 18.9 Å². The van der Waals surface area contributed by atoms with Crippen molar-refractivity contribution in [3.63, 3.8) is 0 Å². The van der Waals surface area contributed by atoms with Crippen LogP contribution in [0, 0.1) is 0 Å². The van der Waals surface area contributed by atoms with E-state index in [-0.39, 0.29) is 15.9 Å². The Bertz CT molecular complexity index is 914. The summed E-state index contributed by atoms with van der Waals surface area (Å²) in [6.07, 6.45) is 0. The number of sulfonamides is 1. The standard InChI is InChI=1S/C19H23NO5S/c1-19(2,3)13-10-11-16(24-4)15(12-13)20-26(22,23)17-9-7-6-8-14(17)18(21)25-5/h6-12,20H,1-5H3. The summed E-state index contributed by atoms with van der Waals surface area (Å²) in [6.45, 7) is 6.08. The van der Waals surface area contributed by atoms with Crippen molar-refractivity contribution in [1.29, 1.82) is 0 Å². The maximum absolute atomic E-state index is 12.9. The van der Waals surface area contributed by atoms with Gasteiger partial charge in [0.2, 0.25) is 0 Å². The Kier molecular flexibility index (Phi) is 5.61. The highest BCUT2D eigenvalue weighted by Crippen LogP contribution is 2.33. The van der Waals surface area contributed by atoms with Crippen molar-refractivity contribution in [2.24, 2.45) is 0 Å². The summed E-state index contributed by atoms with van der Waals surface area (Å²) in [6, 6.07) is 11.2. The number of carbonyl (C=O) groups excluding carboxylic acids is 1. The Morgan fingerprint density at radius 3 is 2.27 bits per heavy atom. The molecular weight excluding hydrogens is 354 g/mol. The average Bonchev–Trinajstić information content (AvgIpc) is 2.60. The molecule has 2 rings (SSSR count). The molecule has 140 valence electrons. The lowest BCUT2D eigenvalue weighted by atomic mass is 9.87. The zero-order valence-electron chi connectivity index (χ0n) is 15.5. The van der Waals surface area contributed by atoms with E-state index in [0.717, 1.165) is 5.56 Å². The Hall–Kier alpha value is -2.54. The highest BCUT2D eigenvalue weighted by atomic mass is 32.2. The fourth-order valence-electron chi connectivity index (χ4n) is 2.43. The molecule has 2 aromatic rings. The van der Waals surface area contributed by atoms with Crippen LogP contribution in [0.25, 0.3) is 0 Å². The quantitative estimate of drug-likeness (QED) is 0.806. The number of benzene rings is 2. The predicted octanol–water partition coefficient (Wildman–Crippen LogP) is 3.58. The molecule has 6 nitrogen and oxygen atoms in total. The molecular formula is C19H23NO5S. The van der Waals surface area contributed by atoms with E-state index >= 15 is 0 Å².